The molecular formula is C14H11ClN2O2. The molecule has 0 radical (unpaired) electrons. The first-order valence-corrected chi connectivity index (χ1v) is 5.98. The molecule has 0 unspecified atom stereocenters. The number of benzene rings is 1. The van der Waals surface area contributed by atoms with E-state index >= 15 is 0 Å². The monoisotopic (exact) mass is 274 g/mol. The third kappa shape index (κ3) is 3.39. The van der Waals surface area contributed by atoms with Crippen molar-refractivity contribution in [2.45, 2.75) is 6.92 Å². The number of nitrogens with zero attached hydrogens (tertiary/aromatic N) is 1. The van der Waals surface area contributed by atoms with E-state index in [1.807, 2.05) is 0 Å². The van der Waals surface area contributed by atoms with Gasteiger partial charge in [0.15, 0.2) is 5.78 Å². The molecule has 0 saturated carbocycles. The molecule has 1 aromatic heterocycles. The van der Waals surface area contributed by atoms with Crippen LogP contribution in [-0.4, -0.2) is 16.7 Å². The summed E-state index contributed by atoms with van der Waals surface area (Å²) in [6.45, 7) is 1.48. The standard InChI is InChI=1S/C14H11ClN2O2/c1-9(18)10-3-2-4-12(7-10)17-14(19)11-5-6-16-13(15)8-11/h2-8H,1H3,(H,17,19). The third-order valence-corrected chi connectivity index (χ3v) is 2.72. The van der Waals surface area contributed by atoms with Gasteiger partial charge in [0.25, 0.3) is 5.91 Å². The Balaban J connectivity index is 2.19. The molecule has 0 aliphatic rings. The second kappa shape index (κ2) is 5.63. The number of ketones is 1. The van der Waals surface area contributed by atoms with E-state index in [4.69, 9.17) is 11.6 Å². The number of pyridine rings is 1. The van der Waals surface area contributed by atoms with E-state index in [2.05, 4.69) is 10.3 Å². The van der Waals surface area contributed by atoms with Crippen LogP contribution in [0.4, 0.5) is 5.69 Å². The van der Waals surface area contributed by atoms with Crippen LogP contribution in [-0.2, 0) is 0 Å². The number of aromatic nitrogens is 1. The van der Waals surface area contributed by atoms with Gasteiger partial charge in [0.05, 0.1) is 0 Å². The van der Waals surface area contributed by atoms with Crippen LogP contribution in [0.15, 0.2) is 42.6 Å². The van der Waals surface area contributed by atoms with Crippen LogP contribution in [0.1, 0.15) is 27.6 Å². The number of rotatable bonds is 3. The minimum absolute atomic E-state index is 0.0527. The van der Waals surface area contributed by atoms with E-state index in [1.54, 1.807) is 30.3 Å². The van der Waals surface area contributed by atoms with Crippen molar-refractivity contribution in [1.82, 2.24) is 4.98 Å². The molecule has 19 heavy (non-hydrogen) atoms. The summed E-state index contributed by atoms with van der Waals surface area (Å²) in [5, 5.41) is 2.96. The van der Waals surface area contributed by atoms with Crippen LogP contribution in [0.5, 0.6) is 0 Å². The Kier molecular flexibility index (Phi) is 3.92. The van der Waals surface area contributed by atoms with Crippen LogP contribution < -0.4 is 5.32 Å². The highest BCUT2D eigenvalue weighted by Gasteiger charge is 2.08. The normalized spacial score (nSPS) is 10.0. The van der Waals surface area contributed by atoms with E-state index in [0.29, 0.717) is 16.8 Å². The predicted molar refractivity (Wildman–Crippen MR) is 73.6 cm³/mol. The number of hydrogen-bond donors (Lipinski definition) is 1. The lowest BCUT2D eigenvalue weighted by molar-refractivity contribution is 0.101. The van der Waals surface area contributed by atoms with E-state index in [0.717, 1.165) is 0 Å². The van der Waals surface area contributed by atoms with Crippen LogP contribution in [0.3, 0.4) is 0 Å². The Morgan fingerprint density at radius 2 is 1.95 bits per heavy atom. The van der Waals surface area contributed by atoms with Gasteiger partial charge in [-0.05, 0) is 31.2 Å². The first kappa shape index (κ1) is 13.2. The zero-order valence-corrected chi connectivity index (χ0v) is 10.9. The number of anilines is 1. The predicted octanol–water partition coefficient (Wildman–Crippen LogP) is 3.19. The number of halogens is 1. The molecule has 2 aromatic rings. The second-order valence-electron chi connectivity index (χ2n) is 3.96. The summed E-state index contributed by atoms with van der Waals surface area (Å²) >= 11 is 5.72. The summed E-state index contributed by atoms with van der Waals surface area (Å²) in [5.74, 6) is -0.354. The smallest absolute Gasteiger partial charge is 0.255 e. The molecule has 0 atom stereocenters. The Labute approximate surface area is 115 Å². The van der Waals surface area contributed by atoms with E-state index < -0.39 is 0 Å². The van der Waals surface area contributed by atoms with Crippen LogP contribution >= 0.6 is 11.6 Å². The van der Waals surface area contributed by atoms with Gasteiger partial charge in [-0.3, -0.25) is 9.59 Å². The average molecular weight is 275 g/mol. The zero-order valence-electron chi connectivity index (χ0n) is 10.2. The number of carbonyl (C=O) groups is 2. The number of Topliss-reactive ketones (excluding diaryl/α,β-unsaturated/α-hetero) is 1. The molecule has 0 aliphatic heterocycles. The largest absolute Gasteiger partial charge is 0.322 e. The fourth-order valence-electron chi connectivity index (χ4n) is 1.56. The van der Waals surface area contributed by atoms with Crippen molar-refractivity contribution in [3.63, 3.8) is 0 Å². The van der Waals surface area contributed by atoms with Crippen molar-refractivity contribution in [3.8, 4) is 0 Å². The molecule has 1 amide bonds. The van der Waals surface area contributed by atoms with E-state index in [9.17, 15) is 9.59 Å². The molecule has 0 saturated heterocycles. The van der Waals surface area contributed by atoms with Gasteiger partial charge in [0.2, 0.25) is 0 Å². The van der Waals surface area contributed by atoms with Gasteiger partial charge in [-0.2, -0.15) is 0 Å². The Morgan fingerprint density at radius 3 is 2.63 bits per heavy atom. The quantitative estimate of drug-likeness (QED) is 0.691. The van der Waals surface area contributed by atoms with Gasteiger partial charge < -0.3 is 5.32 Å². The number of hydrogen-bond acceptors (Lipinski definition) is 3. The maximum absolute atomic E-state index is 12.0. The molecule has 1 heterocycles. The highest BCUT2D eigenvalue weighted by Crippen LogP contribution is 2.14. The lowest BCUT2D eigenvalue weighted by Crippen LogP contribution is -2.12. The fourth-order valence-corrected chi connectivity index (χ4v) is 1.74. The maximum atomic E-state index is 12.0. The Morgan fingerprint density at radius 1 is 1.16 bits per heavy atom. The van der Waals surface area contributed by atoms with Gasteiger partial charge in [0, 0.05) is 23.0 Å². The zero-order chi connectivity index (χ0) is 13.8. The van der Waals surface area contributed by atoms with E-state index in [1.165, 1.54) is 19.2 Å². The van der Waals surface area contributed by atoms with Crippen molar-refractivity contribution in [2.75, 3.05) is 5.32 Å². The summed E-state index contributed by atoms with van der Waals surface area (Å²) in [5.41, 5.74) is 1.52. The SMILES string of the molecule is CC(=O)c1cccc(NC(=O)c2ccnc(Cl)c2)c1. The molecule has 96 valence electrons. The molecule has 2 rings (SSSR count). The Bertz CT molecular complexity index is 641. The van der Waals surface area contributed by atoms with Crippen LogP contribution in [0.25, 0.3) is 0 Å². The number of amides is 1. The fraction of sp³-hybridized carbons (Fsp3) is 0.0714. The molecule has 1 N–H and O–H groups in total. The maximum Gasteiger partial charge on any atom is 0.255 e. The van der Waals surface area contributed by atoms with Crippen molar-refractivity contribution in [3.05, 3.63) is 58.9 Å². The summed E-state index contributed by atoms with van der Waals surface area (Å²) in [6.07, 6.45) is 1.46. The van der Waals surface area contributed by atoms with E-state index in [-0.39, 0.29) is 16.8 Å². The average Bonchev–Trinajstić information content (AvgIpc) is 2.39. The molecule has 1 aromatic carbocycles. The molecule has 0 bridgehead atoms. The molecule has 0 spiro atoms. The van der Waals surface area contributed by atoms with Gasteiger partial charge in [0.1, 0.15) is 5.15 Å². The van der Waals surface area contributed by atoms with Crippen molar-refractivity contribution in [2.24, 2.45) is 0 Å². The summed E-state index contributed by atoms with van der Waals surface area (Å²) in [6, 6.07) is 9.80. The number of nitrogens with one attached hydrogen (secondary N) is 1. The van der Waals surface area contributed by atoms with Gasteiger partial charge in [-0.1, -0.05) is 23.7 Å². The highest BCUT2D eigenvalue weighted by molar-refractivity contribution is 6.29. The Hall–Kier alpha value is -2.20. The van der Waals surface area contributed by atoms with Crippen molar-refractivity contribution >= 4 is 29.0 Å². The van der Waals surface area contributed by atoms with Crippen molar-refractivity contribution < 1.29 is 9.59 Å². The van der Waals surface area contributed by atoms with Crippen molar-refractivity contribution in [1.29, 1.82) is 0 Å². The van der Waals surface area contributed by atoms with Gasteiger partial charge >= 0.3 is 0 Å². The summed E-state index contributed by atoms with van der Waals surface area (Å²) in [4.78, 5) is 27.0. The van der Waals surface area contributed by atoms with Crippen LogP contribution in [0.2, 0.25) is 5.15 Å². The highest BCUT2D eigenvalue weighted by atomic mass is 35.5. The summed E-state index contributed by atoms with van der Waals surface area (Å²) < 4.78 is 0. The number of carbonyl (C=O) groups excluding carboxylic acids is 2. The van der Waals surface area contributed by atoms with Gasteiger partial charge in [-0.25, -0.2) is 4.98 Å². The third-order valence-electron chi connectivity index (χ3n) is 2.52. The lowest BCUT2D eigenvalue weighted by Gasteiger charge is -2.06. The molecular weight excluding hydrogens is 264 g/mol. The summed E-state index contributed by atoms with van der Waals surface area (Å²) in [7, 11) is 0. The molecule has 0 aliphatic carbocycles. The minimum atomic E-state index is -0.301. The van der Waals surface area contributed by atoms with Crippen LogP contribution in [0, 0.1) is 0 Å². The first-order chi connectivity index (χ1) is 9.06. The molecule has 0 fully saturated rings. The second-order valence-corrected chi connectivity index (χ2v) is 4.35. The minimum Gasteiger partial charge on any atom is -0.322 e. The first-order valence-electron chi connectivity index (χ1n) is 5.60. The van der Waals surface area contributed by atoms with Gasteiger partial charge in [-0.15, -0.1) is 0 Å². The molecule has 4 nitrogen and oxygen atoms in total. The lowest BCUT2D eigenvalue weighted by atomic mass is 10.1. The topological polar surface area (TPSA) is 59.1 Å². The molecule has 5 heteroatoms.